The van der Waals surface area contributed by atoms with Gasteiger partial charge in [-0.05, 0) is 20.0 Å². The van der Waals surface area contributed by atoms with Crippen molar-refractivity contribution < 1.29 is 0 Å². The number of nitrogen functional groups attached to an aromatic ring is 1. The van der Waals surface area contributed by atoms with E-state index in [1.165, 1.54) is 4.57 Å². The smallest absolute Gasteiger partial charge is 0.329 e. The Labute approximate surface area is 100 Å². The highest BCUT2D eigenvalue weighted by molar-refractivity contribution is 5.38. The van der Waals surface area contributed by atoms with Crippen molar-refractivity contribution in [1.29, 1.82) is 0 Å². The van der Waals surface area contributed by atoms with E-state index in [9.17, 15) is 9.59 Å². The van der Waals surface area contributed by atoms with Crippen molar-refractivity contribution in [3.05, 3.63) is 26.4 Å². The van der Waals surface area contributed by atoms with Crippen LogP contribution < -0.4 is 17.0 Å². The van der Waals surface area contributed by atoms with Gasteiger partial charge in [0, 0.05) is 13.1 Å². The van der Waals surface area contributed by atoms with Crippen molar-refractivity contribution in [1.82, 2.24) is 14.5 Å². The summed E-state index contributed by atoms with van der Waals surface area (Å²) in [6.07, 6.45) is 0. The number of nitrogens with zero attached hydrogens (tertiary/aromatic N) is 2. The van der Waals surface area contributed by atoms with Crippen LogP contribution in [0.25, 0.3) is 0 Å². The van der Waals surface area contributed by atoms with Gasteiger partial charge in [0.1, 0.15) is 5.82 Å². The Morgan fingerprint density at radius 2 is 1.94 bits per heavy atom. The topological polar surface area (TPSA) is 84.1 Å². The standard InChI is InChI=1S/C11H20N4O2/c1-7(2)5-15-9(12)8(6-14(3)4)10(16)13-11(15)17/h7H,5-6,12H2,1-4H3,(H,13,16,17). The lowest BCUT2D eigenvalue weighted by Gasteiger charge is -2.16. The van der Waals surface area contributed by atoms with Crippen molar-refractivity contribution in [2.75, 3.05) is 19.8 Å². The number of hydrogen-bond acceptors (Lipinski definition) is 4. The van der Waals surface area contributed by atoms with Gasteiger partial charge in [0.25, 0.3) is 5.56 Å². The van der Waals surface area contributed by atoms with Gasteiger partial charge in [-0.25, -0.2) is 4.79 Å². The number of hydrogen-bond donors (Lipinski definition) is 2. The number of aromatic nitrogens is 2. The van der Waals surface area contributed by atoms with Gasteiger partial charge < -0.3 is 10.6 Å². The minimum atomic E-state index is -0.441. The molecule has 0 aliphatic heterocycles. The number of rotatable bonds is 4. The van der Waals surface area contributed by atoms with E-state index >= 15 is 0 Å². The van der Waals surface area contributed by atoms with Crippen molar-refractivity contribution in [3.63, 3.8) is 0 Å². The Hall–Kier alpha value is -1.56. The fourth-order valence-electron chi connectivity index (χ4n) is 1.64. The van der Waals surface area contributed by atoms with Crippen LogP contribution in [0.5, 0.6) is 0 Å². The minimum Gasteiger partial charge on any atom is -0.385 e. The number of anilines is 1. The summed E-state index contributed by atoms with van der Waals surface area (Å²) >= 11 is 0. The third-order valence-electron chi connectivity index (χ3n) is 2.36. The molecular weight excluding hydrogens is 220 g/mol. The van der Waals surface area contributed by atoms with Crippen LogP contribution in [0.4, 0.5) is 5.82 Å². The molecule has 96 valence electrons. The average molecular weight is 240 g/mol. The lowest BCUT2D eigenvalue weighted by Crippen LogP contribution is -2.36. The van der Waals surface area contributed by atoms with E-state index in [1.807, 2.05) is 32.8 Å². The lowest BCUT2D eigenvalue weighted by molar-refractivity contribution is 0.397. The highest BCUT2D eigenvalue weighted by Crippen LogP contribution is 2.08. The van der Waals surface area contributed by atoms with Crippen LogP contribution in [0, 0.1) is 5.92 Å². The first-order valence-corrected chi connectivity index (χ1v) is 5.59. The predicted molar refractivity (Wildman–Crippen MR) is 68.0 cm³/mol. The van der Waals surface area contributed by atoms with Crippen LogP contribution in [0.2, 0.25) is 0 Å². The summed E-state index contributed by atoms with van der Waals surface area (Å²) in [5.74, 6) is 0.550. The van der Waals surface area contributed by atoms with Gasteiger partial charge in [0.05, 0.1) is 5.56 Å². The van der Waals surface area contributed by atoms with Crippen LogP contribution in [0.3, 0.4) is 0 Å². The molecule has 0 saturated carbocycles. The van der Waals surface area contributed by atoms with Crippen molar-refractivity contribution in [2.24, 2.45) is 5.92 Å². The second-order valence-corrected chi connectivity index (χ2v) is 4.87. The monoisotopic (exact) mass is 240 g/mol. The molecule has 0 atom stereocenters. The van der Waals surface area contributed by atoms with Crippen LogP contribution >= 0.6 is 0 Å². The number of nitrogens with two attached hydrogens (primary N) is 1. The molecule has 0 aromatic carbocycles. The van der Waals surface area contributed by atoms with Crippen molar-refractivity contribution in [3.8, 4) is 0 Å². The van der Waals surface area contributed by atoms with E-state index in [0.29, 0.717) is 18.7 Å². The molecule has 1 aromatic heterocycles. The van der Waals surface area contributed by atoms with Gasteiger partial charge in [0.2, 0.25) is 0 Å². The molecule has 0 radical (unpaired) electrons. The Balaban J connectivity index is 3.32. The van der Waals surface area contributed by atoms with Crippen molar-refractivity contribution >= 4 is 5.82 Å². The van der Waals surface area contributed by atoms with Gasteiger partial charge in [-0.2, -0.15) is 0 Å². The summed E-state index contributed by atoms with van der Waals surface area (Å²) in [5, 5.41) is 0. The molecule has 0 saturated heterocycles. The Bertz CT molecular complexity index is 457. The Morgan fingerprint density at radius 3 is 2.41 bits per heavy atom. The second kappa shape index (κ2) is 5.18. The van der Waals surface area contributed by atoms with Gasteiger partial charge in [0.15, 0.2) is 0 Å². The first-order valence-electron chi connectivity index (χ1n) is 5.59. The Kier molecular flexibility index (Phi) is 4.11. The molecule has 0 aliphatic carbocycles. The Morgan fingerprint density at radius 1 is 1.35 bits per heavy atom. The first kappa shape index (κ1) is 13.5. The average Bonchev–Trinajstić information content (AvgIpc) is 2.18. The molecule has 0 aliphatic rings. The zero-order valence-electron chi connectivity index (χ0n) is 10.8. The lowest BCUT2D eigenvalue weighted by atomic mass is 10.2. The summed E-state index contributed by atoms with van der Waals surface area (Å²) in [6, 6.07) is 0. The molecule has 6 heteroatoms. The molecular formula is C11H20N4O2. The van der Waals surface area contributed by atoms with Gasteiger partial charge >= 0.3 is 5.69 Å². The number of H-pyrrole nitrogens is 1. The van der Waals surface area contributed by atoms with Crippen LogP contribution in [0.1, 0.15) is 19.4 Å². The summed E-state index contributed by atoms with van der Waals surface area (Å²) in [5.41, 5.74) is 5.50. The van der Waals surface area contributed by atoms with Crippen molar-refractivity contribution in [2.45, 2.75) is 26.9 Å². The van der Waals surface area contributed by atoms with Crippen LogP contribution in [-0.4, -0.2) is 28.5 Å². The summed E-state index contributed by atoms with van der Waals surface area (Å²) in [4.78, 5) is 27.4. The molecule has 17 heavy (non-hydrogen) atoms. The normalized spacial score (nSPS) is 11.4. The number of aromatic amines is 1. The summed E-state index contributed by atoms with van der Waals surface area (Å²) < 4.78 is 1.42. The fourth-order valence-corrected chi connectivity index (χ4v) is 1.64. The third kappa shape index (κ3) is 3.20. The van der Waals surface area contributed by atoms with Gasteiger partial charge in [-0.15, -0.1) is 0 Å². The SMILES string of the molecule is CC(C)Cn1c(N)c(CN(C)C)c(=O)[nH]c1=O. The fraction of sp³-hybridized carbons (Fsp3) is 0.636. The molecule has 0 amide bonds. The van der Waals surface area contributed by atoms with Gasteiger partial charge in [-0.1, -0.05) is 13.8 Å². The maximum atomic E-state index is 11.7. The van der Waals surface area contributed by atoms with E-state index in [-0.39, 0.29) is 11.7 Å². The van der Waals surface area contributed by atoms with E-state index in [1.54, 1.807) is 0 Å². The molecule has 0 fully saturated rings. The molecule has 6 nitrogen and oxygen atoms in total. The third-order valence-corrected chi connectivity index (χ3v) is 2.36. The van der Waals surface area contributed by atoms with E-state index in [4.69, 9.17) is 5.73 Å². The van der Waals surface area contributed by atoms with E-state index < -0.39 is 11.2 Å². The van der Waals surface area contributed by atoms with Gasteiger partial charge in [-0.3, -0.25) is 14.3 Å². The quantitative estimate of drug-likeness (QED) is 0.765. The zero-order valence-corrected chi connectivity index (χ0v) is 10.8. The molecule has 3 N–H and O–H groups in total. The maximum Gasteiger partial charge on any atom is 0.329 e. The molecule has 0 bridgehead atoms. The molecule has 1 heterocycles. The minimum absolute atomic E-state index is 0.265. The summed E-state index contributed by atoms with van der Waals surface area (Å²) in [6.45, 7) is 4.90. The largest absolute Gasteiger partial charge is 0.385 e. The highest BCUT2D eigenvalue weighted by atomic mass is 16.2. The van der Waals surface area contributed by atoms with E-state index in [2.05, 4.69) is 4.98 Å². The molecule has 1 aromatic rings. The van der Waals surface area contributed by atoms with Crippen LogP contribution in [0.15, 0.2) is 9.59 Å². The molecule has 0 spiro atoms. The molecule has 1 rings (SSSR count). The van der Waals surface area contributed by atoms with E-state index in [0.717, 1.165) is 0 Å². The maximum absolute atomic E-state index is 11.7. The second-order valence-electron chi connectivity index (χ2n) is 4.87. The molecule has 0 unspecified atom stereocenters. The first-order chi connectivity index (χ1) is 7.82. The zero-order chi connectivity index (χ0) is 13.2. The predicted octanol–water partition coefficient (Wildman–Crippen LogP) is -0.164. The summed E-state index contributed by atoms with van der Waals surface area (Å²) in [7, 11) is 3.69. The number of nitrogens with one attached hydrogen (secondary N) is 1. The van der Waals surface area contributed by atoms with Crippen LogP contribution in [-0.2, 0) is 13.1 Å². The highest BCUT2D eigenvalue weighted by Gasteiger charge is 2.13.